The molecular weight excluding hydrogens is 349 g/mol. The van der Waals surface area contributed by atoms with Crippen LogP contribution in [-0.2, 0) is 4.79 Å². The van der Waals surface area contributed by atoms with E-state index < -0.39 is 18.4 Å². The lowest BCUT2D eigenvalue weighted by Gasteiger charge is -2.04. The van der Waals surface area contributed by atoms with E-state index in [4.69, 9.17) is 0 Å². The number of allylic oxidation sites excluding steroid dienone is 8. The molecular formula is C23H35F3O. The van der Waals surface area contributed by atoms with Crippen LogP contribution in [0.3, 0.4) is 0 Å². The molecule has 0 spiro atoms. The predicted octanol–water partition coefficient (Wildman–Crippen LogP) is 8.04. The zero-order chi connectivity index (χ0) is 20.9. The Morgan fingerprint density at radius 2 is 0.963 bits per heavy atom. The van der Waals surface area contributed by atoms with Gasteiger partial charge in [-0.1, -0.05) is 46.6 Å². The van der Waals surface area contributed by atoms with Crippen molar-refractivity contribution in [3.05, 3.63) is 46.6 Å². The molecule has 0 atom stereocenters. The van der Waals surface area contributed by atoms with Gasteiger partial charge in [0.2, 0.25) is 5.78 Å². The van der Waals surface area contributed by atoms with Crippen LogP contribution in [0.4, 0.5) is 13.2 Å². The average Bonchev–Trinajstić information content (AvgIpc) is 2.53. The van der Waals surface area contributed by atoms with Gasteiger partial charge >= 0.3 is 6.18 Å². The van der Waals surface area contributed by atoms with E-state index in [0.29, 0.717) is 0 Å². The van der Waals surface area contributed by atoms with Crippen LogP contribution in [0, 0.1) is 0 Å². The van der Waals surface area contributed by atoms with Crippen molar-refractivity contribution < 1.29 is 18.0 Å². The van der Waals surface area contributed by atoms with E-state index in [1.54, 1.807) is 6.08 Å². The number of rotatable bonds is 12. The molecule has 4 heteroatoms. The lowest BCUT2D eigenvalue weighted by molar-refractivity contribution is -0.170. The fourth-order valence-electron chi connectivity index (χ4n) is 2.58. The summed E-state index contributed by atoms with van der Waals surface area (Å²) in [6.07, 6.45) is 9.46. The van der Waals surface area contributed by atoms with Gasteiger partial charge in [0.1, 0.15) is 0 Å². The monoisotopic (exact) mass is 384 g/mol. The van der Waals surface area contributed by atoms with Gasteiger partial charge in [-0.2, -0.15) is 13.2 Å². The fraction of sp³-hybridized carbons (Fsp3) is 0.609. The van der Waals surface area contributed by atoms with Gasteiger partial charge in [-0.15, -0.1) is 0 Å². The molecule has 27 heavy (non-hydrogen) atoms. The number of Topliss-reactive ketones (excluding diaryl/α,β-unsaturated/α-hetero) is 1. The van der Waals surface area contributed by atoms with Gasteiger partial charge in [-0.3, -0.25) is 4.79 Å². The molecule has 0 aliphatic heterocycles. The summed E-state index contributed by atoms with van der Waals surface area (Å²) in [6, 6.07) is 0. The number of carbonyl (C=O) groups excluding carboxylic acids is 1. The predicted molar refractivity (Wildman–Crippen MR) is 109 cm³/mol. The van der Waals surface area contributed by atoms with Crippen molar-refractivity contribution in [2.45, 2.75) is 92.2 Å². The third-order valence-electron chi connectivity index (χ3n) is 4.33. The maximum absolute atomic E-state index is 12.1. The smallest absolute Gasteiger partial charge is 0.290 e. The minimum Gasteiger partial charge on any atom is -0.290 e. The second kappa shape index (κ2) is 13.6. The van der Waals surface area contributed by atoms with Gasteiger partial charge in [0.25, 0.3) is 0 Å². The number of alkyl halides is 3. The van der Waals surface area contributed by atoms with Gasteiger partial charge in [-0.25, -0.2) is 0 Å². The van der Waals surface area contributed by atoms with E-state index in [9.17, 15) is 18.0 Å². The number of hydrogen-bond donors (Lipinski definition) is 0. The zero-order valence-electron chi connectivity index (χ0n) is 17.5. The average molecular weight is 385 g/mol. The van der Waals surface area contributed by atoms with Crippen molar-refractivity contribution in [3.8, 4) is 0 Å². The summed E-state index contributed by atoms with van der Waals surface area (Å²) in [5.74, 6) is -1.65. The minimum atomic E-state index is -4.71. The summed E-state index contributed by atoms with van der Waals surface area (Å²) in [5, 5.41) is 0. The highest BCUT2D eigenvalue weighted by Gasteiger charge is 2.36. The van der Waals surface area contributed by atoms with Crippen LogP contribution in [0.25, 0.3) is 0 Å². The van der Waals surface area contributed by atoms with E-state index in [-0.39, 0.29) is 6.42 Å². The SMILES string of the molecule is CC(C)=CCCC(C)=CCCC(C)=CCCC(C)=CCCC(=O)C(F)(F)F. The third-order valence-corrected chi connectivity index (χ3v) is 4.33. The highest BCUT2D eigenvalue weighted by molar-refractivity contribution is 5.84. The Labute approximate surface area is 163 Å². The van der Waals surface area contributed by atoms with Gasteiger partial charge in [0.15, 0.2) is 0 Å². The third kappa shape index (κ3) is 15.2. The molecule has 0 heterocycles. The Bertz CT molecular complexity index is 571. The van der Waals surface area contributed by atoms with Gasteiger partial charge in [-0.05, 0) is 79.6 Å². The highest BCUT2D eigenvalue weighted by atomic mass is 19.4. The van der Waals surface area contributed by atoms with Crippen LogP contribution in [0.5, 0.6) is 0 Å². The van der Waals surface area contributed by atoms with Crippen molar-refractivity contribution >= 4 is 5.78 Å². The molecule has 0 saturated carbocycles. The summed E-state index contributed by atoms with van der Waals surface area (Å²) < 4.78 is 36.4. The van der Waals surface area contributed by atoms with Crippen LogP contribution in [0.2, 0.25) is 0 Å². The molecule has 0 bridgehead atoms. The van der Waals surface area contributed by atoms with Crippen molar-refractivity contribution in [3.63, 3.8) is 0 Å². The van der Waals surface area contributed by atoms with Crippen LogP contribution in [-0.4, -0.2) is 12.0 Å². The molecule has 0 amide bonds. The van der Waals surface area contributed by atoms with Crippen LogP contribution in [0.1, 0.15) is 86.0 Å². The zero-order valence-corrected chi connectivity index (χ0v) is 17.5. The quantitative estimate of drug-likeness (QED) is 0.311. The van der Waals surface area contributed by atoms with Crippen molar-refractivity contribution in [1.29, 1.82) is 0 Å². The molecule has 0 rings (SSSR count). The molecule has 0 saturated heterocycles. The Morgan fingerprint density at radius 3 is 1.30 bits per heavy atom. The van der Waals surface area contributed by atoms with Gasteiger partial charge in [0, 0.05) is 6.42 Å². The van der Waals surface area contributed by atoms with Crippen molar-refractivity contribution in [1.82, 2.24) is 0 Å². The van der Waals surface area contributed by atoms with E-state index in [1.807, 2.05) is 6.92 Å². The second-order valence-corrected chi connectivity index (χ2v) is 7.51. The molecule has 0 aliphatic carbocycles. The Balaban J connectivity index is 4.09. The van der Waals surface area contributed by atoms with E-state index in [2.05, 4.69) is 45.9 Å². The topological polar surface area (TPSA) is 17.1 Å². The van der Waals surface area contributed by atoms with E-state index in [1.165, 1.54) is 16.7 Å². The lowest BCUT2D eigenvalue weighted by atomic mass is 10.0. The first-order chi connectivity index (χ1) is 12.5. The first-order valence-corrected chi connectivity index (χ1v) is 9.72. The first kappa shape index (κ1) is 25.4. The number of carbonyl (C=O) groups is 1. The molecule has 0 fully saturated rings. The highest BCUT2D eigenvalue weighted by Crippen LogP contribution is 2.19. The van der Waals surface area contributed by atoms with Gasteiger partial charge < -0.3 is 0 Å². The van der Waals surface area contributed by atoms with Crippen LogP contribution >= 0.6 is 0 Å². The normalized spacial score (nSPS) is 13.7. The van der Waals surface area contributed by atoms with Crippen molar-refractivity contribution in [2.24, 2.45) is 0 Å². The van der Waals surface area contributed by atoms with E-state index >= 15 is 0 Å². The van der Waals surface area contributed by atoms with Crippen molar-refractivity contribution in [2.75, 3.05) is 0 Å². The van der Waals surface area contributed by atoms with E-state index in [0.717, 1.165) is 44.1 Å². The summed E-state index contributed by atoms with van der Waals surface area (Å²) in [5.41, 5.74) is 5.15. The lowest BCUT2D eigenvalue weighted by Crippen LogP contribution is -2.21. The number of ketones is 1. The standard InChI is InChI=1S/C23H35F3O/c1-18(2)10-6-11-19(3)12-7-13-20(4)14-8-15-21(5)16-9-17-22(27)23(24,25)26/h10,12,14,16H,6-9,11,13,15,17H2,1-5H3. The fourth-order valence-corrected chi connectivity index (χ4v) is 2.58. The summed E-state index contributed by atoms with van der Waals surface area (Å²) in [6.45, 7) is 10.4. The van der Waals surface area contributed by atoms with Crippen LogP contribution < -0.4 is 0 Å². The first-order valence-electron chi connectivity index (χ1n) is 9.72. The number of hydrogen-bond acceptors (Lipinski definition) is 1. The summed E-state index contributed by atoms with van der Waals surface area (Å²) in [7, 11) is 0. The molecule has 0 aliphatic rings. The molecule has 1 nitrogen and oxygen atoms in total. The molecule has 0 N–H and O–H groups in total. The molecule has 0 radical (unpaired) electrons. The van der Waals surface area contributed by atoms with Gasteiger partial charge in [0.05, 0.1) is 0 Å². The second-order valence-electron chi connectivity index (χ2n) is 7.51. The number of halogens is 3. The Morgan fingerprint density at radius 1 is 0.630 bits per heavy atom. The molecule has 0 aromatic carbocycles. The Hall–Kier alpha value is -1.58. The molecule has 0 unspecified atom stereocenters. The largest absolute Gasteiger partial charge is 0.449 e. The summed E-state index contributed by atoms with van der Waals surface area (Å²) >= 11 is 0. The maximum atomic E-state index is 12.1. The van der Waals surface area contributed by atoms with Crippen LogP contribution in [0.15, 0.2) is 46.6 Å². The minimum absolute atomic E-state index is 0.156. The maximum Gasteiger partial charge on any atom is 0.449 e. The molecule has 154 valence electrons. The molecule has 0 aromatic rings. The summed E-state index contributed by atoms with van der Waals surface area (Å²) in [4.78, 5) is 10.8. The Kier molecular flexibility index (Phi) is 12.8. The molecule has 0 aromatic heterocycles.